The van der Waals surface area contributed by atoms with Gasteiger partial charge in [0.1, 0.15) is 0 Å². The summed E-state index contributed by atoms with van der Waals surface area (Å²) in [5, 5.41) is 6.63. The van der Waals surface area contributed by atoms with E-state index in [4.69, 9.17) is 9.47 Å². The zero-order valence-corrected chi connectivity index (χ0v) is 19.1. The Hall–Kier alpha value is -1.22. The zero-order chi connectivity index (χ0) is 18.5. The summed E-state index contributed by atoms with van der Waals surface area (Å²) < 4.78 is 10.6. The number of halogens is 1. The molecule has 2 N–H and O–H groups in total. The molecular formula is C19H35IN4O2. The van der Waals surface area contributed by atoms with E-state index in [0.717, 1.165) is 24.6 Å². The summed E-state index contributed by atoms with van der Waals surface area (Å²) in [7, 11) is 9.29. The van der Waals surface area contributed by atoms with Gasteiger partial charge in [-0.15, -0.1) is 24.0 Å². The normalized spacial score (nSPS) is 11.1. The molecule has 0 atom stereocenters. The molecule has 7 heteroatoms. The van der Waals surface area contributed by atoms with Gasteiger partial charge in [-0.05, 0) is 45.6 Å². The van der Waals surface area contributed by atoms with Gasteiger partial charge < -0.3 is 25.0 Å². The number of unbranched alkanes of at least 4 members (excludes halogenated alkanes) is 4. The Labute approximate surface area is 175 Å². The molecule has 0 aromatic heterocycles. The van der Waals surface area contributed by atoms with E-state index in [9.17, 15) is 0 Å². The van der Waals surface area contributed by atoms with Gasteiger partial charge in [-0.1, -0.05) is 19.3 Å². The number of methoxy groups -OCH3 is 2. The Morgan fingerprint density at radius 1 is 1.00 bits per heavy atom. The zero-order valence-electron chi connectivity index (χ0n) is 16.8. The molecule has 0 aliphatic heterocycles. The van der Waals surface area contributed by atoms with Crippen molar-refractivity contribution >= 4 is 35.6 Å². The molecule has 1 aromatic carbocycles. The molecule has 0 heterocycles. The molecule has 0 fully saturated rings. The van der Waals surface area contributed by atoms with Crippen molar-refractivity contribution in [3.63, 3.8) is 0 Å². The summed E-state index contributed by atoms with van der Waals surface area (Å²) in [6.45, 7) is 2.10. The number of nitrogens with zero attached hydrogens (tertiary/aromatic N) is 2. The van der Waals surface area contributed by atoms with Crippen molar-refractivity contribution in [1.29, 1.82) is 0 Å². The van der Waals surface area contributed by atoms with Crippen LogP contribution in [0.15, 0.2) is 23.2 Å². The molecular weight excluding hydrogens is 443 g/mol. The highest BCUT2D eigenvalue weighted by atomic mass is 127. The average Bonchev–Trinajstić information content (AvgIpc) is 2.62. The van der Waals surface area contributed by atoms with Crippen LogP contribution in [0.1, 0.15) is 32.1 Å². The first-order valence-electron chi connectivity index (χ1n) is 8.95. The maximum absolute atomic E-state index is 5.32. The van der Waals surface area contributed by atoms with Gasteiger partial charge in [0.15, 0.2) is 17.5 Å². The van der Waals surface area contributed by atoms with Crippen molar-refractivity contribution in [2.45, 2.75) is 32.1 Å². The summed E-state index contributed by atoms with van der Waals surface area (Å²) in [5.74, 6) is 2.17. The molecule has 0 saturated carbocycles. The molecule has 0 spiro atoms. The fourth-order valence-electron chi connectivity index (χ4n) is 2.52. The topological polar surface area (TPSA) is 58.1 Å². The lowest BCUT2D eigenvalue weighted by atomic mass is 10.1. The van der Waals surface area contributed by atoms with E-state index in [2.05, 4.69) is 34.6 Å². The lowest BCUT2D eigenvalue weighted by Crippen LogP contribution is -2.31. The molecule has 0 aliphatic rings. The molecule has 0 aliphatic carbocycles. The first kappa shape index (κ1) is 24.8. The summed E-state index contributed by atoms with van der Waals surface area (Å²) in [6, 6.07) is 5.72. The van der Waals surface area contributed by atoms with Crippen LogP contribution in [0, 0.1) is 0 Å². The number of rotatable bonds is 11. The highest BCUT2D eigenvalue weighted by Gasteiger charge is 2.06. The highest BCUT2D eigenvalue weighted by molar-refractivity contribution is 14.0. The molecule has 0 unspecified atom stereocenters. The number of ether oxygens (including phenoxy) is 2. The van der Waals surface area contributed by atoms with Gasteiger partial charge in [-0.2, -0.15) is 0 Å². The standard InChI is InChI=1S/C19H34N4O2.HI/c1-20-19(21-13-9-7-6-8-10-14-23(2)3)22-16-11-12-17(24-4)18(15-16)25-5;/h11-12,15H,6-10,13-14H2,1-5H3,(H2,20,21,22);1H. The van der Waals surface area contributed by atoms with Crippen LogP contribution in [0.4, 0.5) is 5.69 Å². The molecule has 150 valence electrons. The molecule has 6 nitrogen and oxygen atoms in total. The van der Waals surface area contributed by atoms with E-state index in [1.54, 1.807) is 21.3 Å². The first-order chi connectivity index (χ1) is 12.1. The fraction of sp³-hybridized carbons (Fsp3) is 0.632. The lowest BCUT2D eigenvalue weighted by Gasteiger charge is -2.14. The quantitative estimate of drug-likeness (QED) is 0.219. The maximum atomic E-state index is 5.32. The van der Waals surface area contributed by atoms with E-state index in [1.165, 1.54) is 32.2 Å². The Morgan fingerprint density at radius 2 is 1.65 bits per heavy atom. The number of anilines is 1. The average molecular weight is 478 g/mol. The molecule has 0 radical (unpaired) electrons. The van der Waals surface area contributed by atoms with Gasteiger partial charge in [-0.25, -0.2) is 0 Å². The second-order valence-electron chi connectivity index (χ2n) is 6.26. The SMILES string of the molecule is CN=C(NCCCCCCCN(C)C)Nc1ccc(OC)c(OC)c1.I. The van der Waals surface area contributed by atoms with Crippen molar-refractivity contribution in [2.24, 2.45) is 4.99 Å². The molecule has 0 amide bonds. The fourth-order valence-corrected chi connectivity index (χ4v) is 2.52. The van der Waals surface area contributed by atoms with Crippen molar-refractivity contribution in [2.75, 3.05) is 53.8 Å². The third-order valence-electron chi connectivity index (χ3n) is 3.94. The smallest absolute Gasteiger partial charge is 0.195 e. The number of guanidine groups is 1. The van der Waals surface area contributed by atoms with Crippen LogP contribution in [0.2, 0.25) is 0 Å². The number of aliphatic imine (C=N–C) groups is 1. The van der Waals surface area contributed by atoms with Crippen LogP contribution < -0.4 is 20.1 Å². The van der Waals surface area contributed by atoms with Gasteiger partial charge in [0.2, 0.25) is 0 Å². The van der Waals surface area contributed by atoms with Gasteiger partial charge in [0.05, 0.1) is 14.2 Å². The van der Waals surface area contributed by atoms with Crippen LogP contribution in [0.5, 0.6) is 11.5 Å². The molecule has 1 rings (SSSR count). The third kappa shape index (κ3) is 10.1. The van der Waals surface area contributed by atoms with E-state index in [1.807, 2.05) is 18.2 Å². The predicted molar refractivity (Wildman–Crippen MR) is 122 cm³/mol. The van der Waals surface area contributed by atoms with Crippen LogP contribution in [0.25, 0.3) is 0 Å². The number of benzene rings is 1. The number of hydrogen-bond acceptors (Lipinski definition) is 4. The second kappa shape index (κ2) is 14.9. The minimum Gasteiger partial charge on any atom is -0.493 e. The third-order valence-corrected chi connectivity index (χ3v) is 3.94. The predicted octanol–water partition coefficient (Wildman–Crippen LogP) is 3.82. The van der Waals surface area contributed by atoms with E-state index in [0.29, 0.717) is 11.5 Å². The maximum Gasteiger partial charge on any atom is 0.195 e. The number of nitrogens with one attached hydrogen (secondary N) is 2. The van der Waals surface area contributed by atoms with Crippen LogP contribution in [-0.2, 0) is 0 Å². The summed E-state index contributed by atoms with van der Waals surface area (Å²) >= 11 is 0. The van der Waals surface area contributed by atoms with Gasteiger partial charge in [0.25, 0.3) is 0 Å². The number of hydrogen-bond donors (Lipinski definition) is 2. The van der Waals surface area contributed by atoms with Gasteiger partial charge >= 0.3 is 0 Å². The molecule has 0 bridgehead atoms. The Kier molecular flexibility index (Phi) is 14.2. The Bertz CT molecular complexity index is 524. The Morgan fingerprint density at radius 3 is 2.27 bits per heavy atom. The van der Waals surface area contributed by atoms with Gasteiger partial charge in [-0.3, -0.25) is 4.99 Å². The summed E-state index contributed by atoms with van der Waals surface area (Å²) in [4.78, 5) is 6.51. The first-order valence-corrected chi connectivity index (χ1v) is 8.95. The van der Waals surface area contributed by atoms with Gasteiger partial charge in [0, 0.05) is 25.3 Å². The monoisotopic (exact) mass is 478 g/mol. The molecule has 0 saturated heterocycles. The van der Waals surface area contributed by atoms with Crippen LogP contribution >= 0.6 is 24.0 Å². The van der Waals surface area contributed by atoms with Crippen molar-refractivity contribution < 1.29 is 9.47 Å². The van der Waals surface area contributed by atoms with Crippen molar-refractivity contribution in [3.05, 3.63) is 18.2 Å². The lowest BCUT2D eigenvalue weighted by molar-refractivity contribution is 0.355. The summed E-state index contributed by atoms with van der Waals surface area (Å²) in [5.41, 5.74) is 0.912. The minimum absolute atomic E-state index is 0. The largest absolute Gasteiger partial charge is 0.493 e. The van der Waals surface area contributed by atoms with Crippen LogP contribution in [0.3, 0.4) is 0 Å². The minimum atomic E-state index is 0. The van der Waals surface area contributed by atoms with E-state index < -0.39 is 0 Å². The summed E-state index contributed by atoms with van der Waals surface area (Å²) in [6.07, 6.45) is 6.26. The van der Waals surface area contributed by atoms with E-state index >= 15 is 0 Å². The van der Waals surface area contributed by atoms with E-state index in [-0.39, 0.29) is 24.0 Å². The van der Waals surface area contributed by atoms with Crippen LogP contribution in [-0.4, -0.2) is 59.3 Å². The highest BCUT2D eigenvalue weighted by Crippen LogP contribution is 2.29. The van der Waals surface area contributed by atoms with Crippen molar-refractivity contribution in [3.8, 4) is 11.5 Å². The van der Waals surface area contributed by atoms with Crippen molar-refractivity contribution in [1.82, 2.24) is 10.2 Å². The molecule has 1 aromatic rings. The Balaban J connectivity index is 0.00000625. The molecule has 26 heavy (non-hydrogen) atoms. The second-order valence-corrected chi connectivity index (χ2v) is 6.26.